The summed E-state index contributed by atoms with van der Waals surface area (Å²) in [6.45, 7) is 0.528. The van der Waals surface area contributed by atoms with Crippen LogP contribution in [-0.2, 0) is 6.54 Å². The minimum absolute atomic E-state index is 0.528. The quantitative estimate of drug-likeness (QED) is 0.284. The van der Waals surface area contributed by atoms with Gasteiger partial charge >= 0.3 is 0 Å². The van der Waals surface area contributed by atoms with Gasteiger partial charge in [0.05, 0.1) is 17.7 Å². The van der Waals surface area contributed by atoms with E-state index in [0.717, 1.165) is 38.1 Å². The summed E-state index contributed by atoms with van der Waals surface area (Å²) in [5.74, 6) is 0.730. The molecular weight excluding hydrogens is 416 g/mol. The first-order valence-corrected chi connectivity index (χ1v) is 9.51. The summed E-state index contributed by atoms with van der Waals surface area (Å²) < 4.78 is 0.997. The van der Waals surface area contributed by atoms with Gasteiger partial charge in [0.25, 0.3) is 0 Å². The second kappa shape index (κ2) is 8.58. The lowest BCUT2D eigenvalue weighted by Gasteiger charge is -2.09. The Kier molecular flexibility index (Phi) is 5.53. The number of fused-ring (bicyclic) bond motifs is 1. The first-order chi connectivity index (χ1) is 13.8. The number of benzene rings is 3. The third-order valence-corrected chi connectivity index (χ3v) is 4.56. The fourth-order valence-electron chi connectivity index (χ4n) is 2.72. The fourth-order valence-corrected chi connectivity index (χ4v) is 3.12. The lowest BCUT2D eigenvalue weighted by Crippen LogP contribution is -1.97. The van der Waals surface area contributed by atoms with Crippen molar-refractivity contribution in [1.82, 2.24) is 9.97 Å². The van der Waals surface area contributed by atoms with Crippen molar-refractivity contribution in [3.63, 3.8) is 0 Å². The highest BCUT2D eigenvalue weighted by molar-refractivity contribution is 9.10. The Hall–Kier alpha value is -3.32. The summed E-state index contributed by atoms with van der Waals surface area (Å²) in [6, 6.07) is 23.7. The summed E-state index contributed by atoms with van der Waals surface area (Å²) in [4.78, 5) is 8.73. The predicted molar refractivity (Wildman–Crippen MR) is 116 cm³/mol. The Bertz CT molecular complexity index is 1110. The standard InChI is InChI=1S/C21H17BrN6/c22-16-7-4-8-17(11-16)26-21-19-12-18(9-10-20(19)23-14-24-21)27-28-25-13-15-5-2-1-3-6-15/h1-12,14H,13H2,(H,25,27)(H,23,24,26). The highest BCUT2D eigenvalue weighted by Crippen LogP contribution is 2.26. The molecule has 6 nitrogen and oxygen atoms in total. The number of hydrogen-bond donors (Lipinski definition) is 2. The summed E-state index contributed by atoms with van der Waals surface area (Å²) in [6.07, 6.45) is 1.55. The van der Waals surface area contributed by atoms with Crippen LogP contribution in [0.4, 0.5) is 17.2 Å². The van der Waals surface area contributed by atoms with Crippen molar-refractivity contribution in [2.45, 2.75) is 6.54 Å². The molecule has 0 fully saturated rings. The monoisotopic (exact) mass is 432 g/mol. The van der Waals surface area contributed by atoms with E-state index in [1.54, 1.807) is 6.33 Å². The second-order valence-electron chi connectivity index (χ2n) is 6.09. The highest BCUT2D eigenvalue weighted by Gasteiger charge is 2.06. The van der Waals surface area contributed by atoms with Crippen LogP contribution in [0.3, 0.4) is 0 Å². The minimum Gasteiger partial charge on any atom is -0.340 e. The zero-order chi connectivity index (χ0) is 19.2. The molecule has 7 heteroatoms. The molecule has 28 heavy (non-hydrogen) atoms. The molecule has 2 N–H and O–H groups in total. The first kappa shape index (κ1) is 18.1. The molecule has 0 aliphatic carbocycles. The molecule has 0 aliphatic heterocycles. The van der Waals surface area contributed by atoms with Crippen LogP contribution in [0, 0.1) is 0 Å². The molecule has 4 aromatic rings. The van der Waals surface area contributed by atoms with Crippen LogP contribution in [0.15, 0.2) is 93.9 Å². The molecule has 1 aromatic heterocycles. The van der Waals surface area contributed by atoms with Gasteiger partial charge in [-0.3, -0.25) is 5.43 Å². The second-order valence-corrected chi connectivity index (χ2v) is 7.00. The van der Waals surface area contributed by atoms with E-state index in [-0.39, 0.29) is 0 Å². The van der Waals surface area contributed by atoms with Gasteiger partial charge in [-0.2, -0.15) is 5.11 Å². The predicted octanol–water partition coefficient (Wildman–Crippen LogP) is 6.12. The highest BCUT2D eigenvalue weighted by atomic mass is 79.9. The van der Waals surface area contributed by atoms with E-state index in [9.17, 15) is 0 Å². The van der Waals surface area contributed by atoms with Crippen molar-refractivity contribution in [1.29, 1.82) is 0 Å². The lowest BCUT2D eigenvalue weighted by molar-refractivity contribution is 0.925. The molecule has 0 saturated heterocycles. The topological polar surface area (TPSA) is 74.6 Å². The largest absolute Gasteiger partial charge is 0.340 e. The van der Waals surface area contributed by atoms with Crippen LogP contribution >= 0.6 is 15.9 Å². The number of halogens is 1. The van der Waals surface area contributed by atoms with Gasteiger partial charge < -0.3 is 5.32 Å². The van der Waals surface area contributed by atoms with E-state index in [1.807, 2.05) is 72.8 Å². The van der Waals surface area contributed by atoms with Gasteiger partial charge in [0.1, 0.15) is 12.1 Å². The van der Waals surface area contributed by atoms with Crippen LogP contribution in [0.25, 0.3) is 10.9 Å². The normalized spacial score (nSPS) is 11.0. The number of rotatable bonds is 6. The molecule has 138 valence electrons. The number of nitrogens with zero attached hydrogens (tertiary/aromatic N) is 4. The first-order valence-electron chi connectivity index (χ1n) is 8.72. The zero-order valence-electron chi connectivity index (χ0n) is 14.9. The van der Waals surface area contributed by atoms with Crippen molar-refractivity contribution < 1.29 is 0 Å². The van der Waals surface area contributed by atoms with Crippen LogP contribution in [-0.4, -0.2) is 9.97 Å². The van der Waals surface area contributed by atoms with E-state index >= 15 is 0 Å². The molecule has 0 radical (unpaired) electrons. The van der Waals surface area contributed by atoms with Gasteiger partial charge in [-0.15, -0.1) is 0 Å². The van der Waals surface area contributed by atoms with Crippen LogP contribution in [0.5, 0.6) is 0 Å². The van der Waals surface area contributed by atoms with Gasteiger partial charge in [0.15, 0.2) is 0 Å². The van der Waals surface area contributed by atoms with Crippen molar-refractivity contribution in [2.75, 3.05) is 10.7 Å². The van der Waals surface area contributed by atoms with Crippen LogP contribution in [0.1, 0.15) is 5.56 Å². The molecule has 0 spiro atoms. The average molecular weight is 433 g/mol. The fraction of sp³-hybridized carbons (Fsp3) is 0.0476. The van der Waals surface area contributed by atoms with Gasteiger partial charge in [-0.25, -0.2) is 9.97 Å². The lowest BCUT2D eigenvalue weighted by atomic mass is 10.2. The van der Waals surface area contributed by atoms with E-state index in [4.69, 9.17) is 0 Å². The van der Waals surface area contributed by atoms with E-state index < -0.39 is 0 Å². The molecule has 3 aromatic carbocycles. The third-order valence-electron chi connectivity index (χ3n) is 4.07. The van der Waals surface area contributed by atoms with Gasteiger partial charge in [-0.1, -0.05) is 57.6 Å². The number of aromatic nitrogens is 2. The summed E-state index contributed by atoms with van der Waals surface area (Å²) >= 11 is 3.48. The maximum atomic E-state index is 4.39. The Morgan fingerprint density at radius 2 is 1.75 bits per heavy atom. The van der Waals surface area contributed by atoms with Crippen molar-refractivity contribution >= 4 is 44.0 Å². The molecule has 0 aliphatic rings. The number of hydrogen-bond acceptors (Lipinski definition) is 5. The van der Waals surface area contributed by atoms with Crippen LogP contribution < -0.4 is 10.7 Å². The SMILES string of the molecule is Brc1cccc(Nc2ncnc3ccc(NN=NCc4ccccc4)cc23)c1. The van der Waals surface area contributed by atoms with Crippen LogP contribution in [0.2, 0.25) is 0 Å². The number of nitrogens with one attached hydrogen (secondary N) is 2. The molecule has 1 heterocycles. The summed E-state index contributed by atoms with van der Waals surface area (Å²) in [7, 11) is 0. The zero-order valence-corrected chi connectivity index (χ0v) is 16.5. The van der Waals surface area contributed by atoms with Crippen molar-refractivity contribution in [2.24, 2.45) is 10.3 Å². The van der Waals surface area contributed by atoms with Gasteiger partial charge in [-0.05, 0) is 42.0 Å². The molecule has 0 unspecified atom stereocenters. The average Bonchev–Trinajstić information content (AvgIpc) is 2.72. The Balaban J connectivity index is 1.52. The summed E-state index contributed by atoms with van der Waals surface area (Å²) in [5.41, 5.74) is 6.69. The maximum absolute atomic E-state index is 4.39. The van der Waals surface area contributed by atoms with Gasteiger partial charge in [0.2, 0.25) is 0 Å². The smallest absolute Gasteiger partial charge is 0.141 e. The minimum atomic E-state index is 0.528. The maximum Gasteiger partial charge on any atom is 0.141 e. The van der Waals surface area contributed by atoms with E-state index in [2.05, 4.69) is 47.0 Å². The molecule has 4 rings (SSSR count). The third kappa shape index (κ3) is 4.50. The Morgan fingerprint density at radius 3 is 2.61 bits per heavy atom. The molecule has 0 amide bonds. The van der Waals surface area contributed by atoms with Crippen molar-refractivity contribution in [3.05, 3.63) is 89.2 Å². The van der Waals surface area contributed by atoms with Gasteiger partial charge in [0, 0.05) is 15.5 Å². The Labute approximate surface area is 170 Å². The molecular formula is C21H17BrN6. The Morgan fingerprint density at radius 1 is 0.857 bits per heavy atom. The number of anilines is 3. The molecule has 0 atom stereocenters. The van der Waals surface area contributed by atoms with E-state index in [1.165, 1.54) is 0 Å². The van der Waals surface area contributed by atoms with Crippen molar-refractivity contribution in [3.8, 4) is 0 Å². The summed E-state index contributed by atoms with van der Waals surface area (Å²) in [5, 5.41) is 12.5. The molecule has 0 saturated carbocycles. The molecule has 0 bridgehead atoms. The van der Waals surface area contributed by atoms with E-state index in [0.29, 0.717) is 6.54 Å².